The monoisotopic (exact) mass is 541 g/mol. The van der Waals surface area contributed by atoms with E-state index < -0.39 is 12.2 Å². The van der Waals surface area contributed by atoms with Gasteiger partial charge >= 0.3 is 0 Å². The fourth-order valence-electron chi connectivity index (χ4n) is 5.23. The lowest BCUT2D eigenvalue weighted by Gasteiger charge is -2.35. The largest absolute Gasteiger partial charge is 0.389 e. The highest BCUT2D eigenvalue weighted by Gasteiger charge is 2.30. The Bertz CT molecular complexity index is 1510. The maximum atomic E-state index is 11.5. The molecule has 0 amide bonds. The van der Waals surface area contributed by atoms with Gasteiger partial charge in [0.2, 0.25) is 5.95 Å². The average molecular weight is 542 g/mol. The molecule has 1 aliphatic carbocycles. The quantitative estimate of drug-likeness (QED) is 0.293. The minimum absolute atomic E-state index is 0.140. The molecular weight excluding hydrogens is 506 g/mol. The van der Waals surface area contributed by atoms with Gasteiger partial charge in [0.1, 0.15) is 18.0 Å². The van der Waals surface area contributed by atoms with Crippen molar-refractivity contribution in [3.05, 3.63) is 66.1 Å². The molecule has 40 heavy (non-hydrogen) atoms. The normalized spacial score (nSPS) is 16.4. The third-order valence-electron chi connectivity index (χ3n) is 7.59. The van der Waals surface area contributed by atoms with Gasteiger partial charge in [-0.25, -0.2) is 9.97 Å². The van der Waals surface area contributed by atoms with E-state index in [1.807, 2.05) is 36.5 Å². The van der Waals surface area contributed by atoms with Crippen molar-refractivity contribution in [2.45, 2.75) is 38.2 Å². The Morgan fingerprint density at radius 1 is 1.05 bits per heavy atom. The second-order valence-electron chi connectivity index (χ2n) is 11.2. The summed E-state index contributed by atoms with van der Waals surface area (Å²) in [6, 6.07) is 16.1. The van der Waals surface area contributed by atoms with Crippen LogP contribution in [-0.4, -0.2) is 79.7 Å². The van der Waals surface area contributed by atoms with Crippen molar-refractivity contribution >= 4 is 34.1 Å². The van der Waals surface area contributed by atoms with Crippen LogP contribution >= 0.6 is 0 Å². The summed E-state index contributed by atoms with van der Waals surface area (Å²) in [5, 5.41) is 23.8. The Labute approximate surface area is 233 Å². The molecule has 3 aromatic heterocycles. The molecule has 4 heterocycles. The zero-order valence-electron chi connectivity index (χ0n) is 22.9. The second kappa shape index (κ2) is 10.6. The first-order valence-corrected chi connectivity index (χ1v) is 13.8. The summed E-state index contributed by atoms with van der Waals surface area (Å²) in [5.41, 5.74) is 3.54. The van der Waals surface area contributed by atoms with Crippen LogP contribution in [0.15, 0.2) is 54.7 Å². The standard InChI is InChI=1S/C30H35N7O3/c1-30(2,40)26-4-3-5-27(33-26)37-25(20-6-7-20)16-21-17-31-29(34-28(21)37)32-22-8-10-23(11-9-22)36-14-12-35(13-15-36)18-24(39)19-38/h3-5,8-11,16-17,20,38,40H,6-7,12-15,18-19H2,1-2H3,(H,31,32,34). The van der Waals surface area contributed by atoms with Gasteiger partial charge in [-0.2, -0.15) is 4.98 Å². The Hall–Kier alpha value is -3.86. The van der Waals surface area contributed by atoms with E-state index in [9.17, 15) is 9.90 Å². The van der Waals surface area contributed by atoms with Gasteiger partial charge in [-0.05, 0) is 75.1 Å². The number of ketones is 1. The minimum Gasteiger partial charge on any atom is -0.389 e. The molecule has 3 N–H and O–H groups in total. The zero-order valence-corrected chi connectivity index (χ0v) is 22.9. The maximum Gasteiger partial charge on any atom is 0.229 e. The Kier molecular flexibility index (Phi) is 6.99. The number of nitrogens with zero attached hydrogens (tertiary/aromatic N) is 6. The van der Waals surface area contributed by atoms with E-state index in [0.717, 1.165) is 67.2 Å². The Morgan fingerprint density at radius 2 is 1.80 bits per heavy atom. The first kappa shape index (κ1) is 26.4. The third-order valence-corrected chi connectivity index (χ3v) is 7.59. The summed E-state index contributed by atoms with van der Waals surface area (Å²) in [4.78, 5) is 30.2. The van der Waals surface area contributed by atoms with Crippen LogP contribution < -0.4 is 10.2 Å². The van der Waals surface area contributed by atoms with Gasteiger partial charge in [-0.3, -0.25) is 14.3 Å². The predicted molar refractivity (Wildman–Crippen MR) is 154 cm³/mol. The van der Waals surface area contributed by atoms with Crippen LogP contribution in [0.5, 0.6) is 0 Å². The first-order chi connectivity index (χ1) is 19.3. The SMILES string of the molecule is CC(C)(O)c1cccc(-n2c(C3CC3)cc3cnc(Nc4ccc(N5CCN(CC(=O)CO)CC5)cc4)nc32)n1. The zero-order chi connectivity index (χ0) is 27.9. The predicted octanol–water partition coefficient (Wildman–Crippen LogP) is 3.35. The molecule has 10 heteroatoms. The van der Waals surface area contributed by atoms with Crippen molar-refractivity contribution in [1.29, 1.82) is 0 Å². The highest BCUT2D eigenvalue weighted by Crippen LogP contribution is 2.43. The number of nitrogens with one attached hydrogen (secondary N) is 1. The average Bonchev–Trinajstić information content (AvgIpc) is 3.74. The molecule has 10 nitrogen and oxygen atoms in total. The Morgan fingerprint density at radius 3 is 2.48 bits per heavy atom. The molecule has 0 atom stereocenters. The third kappa shape index (κ3) is 5.56. The number of hydrogen-bond donors (Lipinski definition) is 3. The van der Waals surface area contributed by atoms with Crippen molar-refractivity contribution in [2.75, 3.05) is 49.5 Å². The number of pyridine rings is 1. The van der Waals surface area contributed by atoms with Crippen molar-refractivity contribution < 1.29 is 15.0 Å². The number of benzene rings is 1. The van der Waals surface area contributed by atoms with Crippen LogP contribution in [0.3, 0.4) is 0 Å². The fourth-order valence-corrected chi connectivity index (χ4v) is 5.23. The van der Waals surface area contributed by atoms with Crippen LogP contribution in [-0.2, 0) is 10.4 Å². The van der Waals surface area contributed by atoms with Crippen LogP contribution in [0.25, 0.3) is 16.9 Å². The van der Waals surface area contributed by atoms with Gasteiger partial charge < -0.3 is 20.4 Å². The molecule has 6 rings (SSSR count). The number of piperazine rings is 1. The highest BCUT2D eigenvalue weighted by atomic mass is 16.3. The van der Waals surface area contributed by atoms with Crippen molar-refractivity contribution in [2.24, 2.45) is 0 Å². The highest BCUT2D eigenvalue weighted by molar-refractivity contribution is 5.81. The van der Waals surface area contributed by atoms with E-state index in [2.05, 4.69) is 42.9 Å². The van der Waals surface area contributed by atoms with Crippen LogP contribution in [0.4, 0.5) is 17.3 Å². The lowest BCUT2D eigenvalue weighted by molar-refractivity contribution is -0.122. The molecule has 1 saturated carbocycles. The molecule has 0 unspecified atom stereocenters. The maximum absolute atomic E-state index is 11.5. The summed E-state index contributed by atoms with van der Waals surface area (Å²) >= 11 is 0. The van der Waals surface area contributed by atoms with Gasteiger partial charge in [0.05, 0.1) is 12.2 Å². The topological polar surface area (TPSA) is 120 Å². The number of carbonyl (C=O) groups is 1. The molecule has 208 valence electrons. The molecule has 1 aromatic carbocycles. The van der Waals surface area contributed by atoms with E-state index in [0.29, 0.717) is 24.1 Å². The number of hydrogen-bond acceptors (Lipinski definition) is 9. The smallest absolute Gasteiger partial charge is 0.229 e. The van der Waals surface area contributed by atoms with Gasteiger partial charge in [0.15, 0.2) is 11.4 Å². The number of rotatable bonds is 9. The van der Waals surface area contributed by atoms with Gasteiger partial charge in [0.25, 0.3) is 0 Å². The number of aromatic nitrogens is 4. The summed E-state index contributed by atoms with van der Waals surface area (Å²) in [7, 11) is 0. The van der Waals surface area contributed by atoms with E-state index in [1.165, 1.54) is 5.69 Å². The summed E-state index contributed by atoms with van der Waals surface area (Å²) in [5.74, 6) is 1.58. The molecule has 1 aliphatic heterocycles. The van der Waals surface area contributed by atoms with Crippen LogP contribution in [0.2, 0.25) is 0 Å². The van der Waals surface area contributed by atoms with Crippen molar-refractivity contribution in [1.82, 2.24) is 24.4 Å². The van der Waals surface area contributed by atoms with Crippen LogP contribution in [0, 0.1) is 0 Å². The Balaban J connectivity index is 1.21. The summed E-state index contributed by atoms with van der Waals surface area (Å²) < 4.78 is 2.10. The molecule has 2 fully saturated rings. The molecular formula is C30H35N7O3. The molecule has 0 spiro atoms. The molecule has 4 aromatic rings. The van der Waals surface area contributed by atoms with E-state index in [-0.39, 0.29) is 5.78 Å². The number of anilines is 3. The molecule has 0 bridgehead atoms. The number of fused-ring (bicyclic) bond motifs is 1. The van der Waals surface area contributed by atoms with Gasteiger partial charge in [0, 0.05) is 54.8 Å². The van der Waals surface area contributed by atoms with Gasteiger partial charge in [-0.1, -0.05) is 6.07 Å². The number of carbonyl (C=O) groups excluding carboxylic acids is 1. The van der Waals surface area contributed by atoms with E-state index >= 15 is 0 Å². The van der Waals surface area contributed by atoms with E-state index in [1.54, 1.807) is 13.8 Å². The number of aliphatic hydroxyl groups is 2. The summed E-state index contributed by atoms with van der Waals surface area (Å²) in [6.07, 6.45) is 4.13. The number of aliphatic hydroxyl groups excluding tert-OH is 1. The minimum atomic E-state index is -1.04. The lowest BCUT2D eigenvalue weighted by Crippen LogP contribution is -2.48. The lowest BCUT2D eigenvalue weighted by atomic mass is 10.1. The fraction of sp³-hybridized carbons (Fsp3) is 0.400. The van der Waals surface area contributed by atoms with E-state index in [4.69, 9.17) is 15.1 Å². The summed E-state index contributed by atoms with van der Waals surface area (Å²) in [6.45, 7) is 6.62. The first-order valence-electron chi connectivity index (χ1n) is 13.8. The second-order valence-corrected chi connectivity index (χ2v) is 11.2. The van der Waals surface area contributed by atoms with Gasteiger partial charge in [-0.15, -0.1) is 0 Å². The number of Topliss-reactive ketones (excluding diaryl/α,β-unsaturated/α-hetero) is 1. The van der Waals surface area contributed by atoms with Crippen molar-refractivity contribution in [3.8, 4) is 5.82 Å². The van der Waals surface area contributed by atoms with Crippen molar-refractivity contribution in [3.63, 3.8) is 0 Å². The molecule has 2 aliphatic rings. The molecule has 1 saturated heterocycles. The molecule has 0 radical (unpaired) electrons. The van der Waals surface area contributed by atoms with Crippen LogP contribution in [0.1, 0.15) is 44.0 Å².